The Bertz CT molecular complexity index is 2410. The van der Waals surface area contributed by atoms with Gasteiger partial charge in [0.1, 0.15) is 19.3 Å². The number of carbonyl (C=O) groups is 4. The summed E-state index contributed by atoms with van der Waals surface area (Å²) < 4.78 is 68.6. The first kappa shape index (κ1) is 97.5. The number of phosphoric acid groups is 2. The Morgan fingerprint density at radius 1 is 0.284 bits per heavy atom. The van der Waals surface area contributed by atoms with Gasteiger partial charge < -0.3 is 33.8 Å². The van der Waals surface area contributed by atoms with E-state index in [9.17, 15) is 43.2 Å². The van der Waals surface area contributed by atoms with Crippen LogP contribution in [0.5, 0.6) is 0 Å². The molecule has 0 spiro atoms. The van der Waals surface area contributed by atoms with Crippen LogP contribution in [0.15, 0.2) is 122 Å². The van der Waals surface area contributed by atoms with Crippen LogP contribution in [-0.4, -0.2) is 96.7 Å². The Kier molecular flexibility index (Phi) is 71.4. The molecule has 0 amide bonds. The number of hydrogen-bond acceptors (Lipinski definition) is 15. The van der Waals surface area contributed by atoms with Gasteiger partial charge in [-0.15, -0.1) is 0 Å². The molecule has 0 bridgehead atoms. The summed E-state index contributed by atoms with van der Waals surface area (Å²) in [5.41, 5.74) is 0. The number of ether oxygens (including phenoxy) is 4. The summed E-state index contributed by atoms with van der Waals surface area (Å²) in [6.07, 6.45) is 81.7. The summed E-state index contributed by atoms with van der Waals surface area (Å²) in [4.78, 5) is 73.0. The lowest BCUT2D eigenvalue weighted by atomic mass is 10.0. The summed E-state index contributed by atoms with van der Waals surface area (Å²) in [5, 5.41) is 10.6. The van der Waals surface area contributed by atoms with E-state index < -0.39 is 97.5 Å². The molecule has 0 saturated carbocycles. The van der Waals surface area contributed by atoms with Crippen LogP contribution in [0.3, 0.4) is 0 Å². The topological polar surface area (TPSA) is 237 Å². The van der Waals surface area contributed by atoms with Gasteiger partial charge >= 0.3 is 39.5 Å². The number of unbranched alkanes of at least 4 members (excludes halogenated alkanes) is 28. The fourth-order valence-electron chi connectivity index (χ4n) is 10.4. The van der Waals surface area contributed by atoms with Crippen molar-refractivity contribution in [2.45, 2.75) is 341 Å². The van der Waals surface area contributed by atoms with Crippen LogP contribution in [0.4, 0.5) is 0 Å². The summed E-state index contributed by atoms with van der Waals surface area (Å²) in [6, 6.07) is 0. The van der Waals surface area contributed by atoms with Gasteiger partial charge in [0.15, 0.2) is 12.2 Å². The second kappa shape index (κ2) is 74.7. The Morgan fingerprint density at radius 3 is 0.804 bits per heavy atom. The maximum Gasteiger partial charge on any atom is 0.472 e. The third kappa shape index (κ3) is 73.8. The van der Waals surface area contributed by atoms with E-state index >= 15 is 0 Å². The number of esters is 4. The van der Waals surface area contributed by atoms with E-state index in [4.69, 9.17) is 37.0 Å². The number of aliphatic hydroxyl groups is 1. The predicted molar refractivity (Wildman–Crippen MR) is 418 cm³/mol. The number of aliphatic hydroxyl groups excluding tert-OH is 1. The van der Waals surface area contributed by atoms with E-state index in [1.54, 1.807) is 0 Å². The maximum atomic E-state index is 13.1. The summed E-state index contributed by atoms with van der Waals surface area (Å²) in [6.45, 7) is 4.57. The first-order valence-corrected chi connectivity index (χ1v) is 42.8. The van der Waals surface area contributed by atoms with Crippen molar-refractivity contribution in [1.82, 2.24) is 0 Å². The van der Waals surface area contributed by atoms with E-state index in [1.807, 2.05) is 0 Å². The number of allylic oxidation sites excluding steroid dienone is 20. The molecule has 0 aliphatic heterocycles. The number of hydrogen-bond donors (Lipinski definition) is 3. The number of rotatable bonds is 74. The standard InChI is InChI=1S/C83H142O17P2/c1-5-9-13-17-21-25-29-33-36-38-41-45-48-52-56-60-64-68-81(86)94-74-79(100-83(88)70-66-62-58-54-50-46-42-39-37-34-30-26-22-18-14-10-6-2)76-98-102(91,92)96-72-77(84)71-95-101(89,90)97-75-78(99-82(87)69-65-61-57-53-49-43-32-28-24-20-16-12-8-4)73-93-80(85)67-63-59-55-51-47-44-40-35-31-27-23-19-15-11-7-3/h9-10,13-14,21-23,25-27,33-37,40-42,45-46,77-79,84H,5-8,11-12,15-20,24,28-32,38-39,43-44,47-76H2,1-4H3,(H,89,90)(H,91,92)/b13-9-,14-10-,25-21-,26-22-,27-23-,36-33-,37-34-,40-35-,45-41-,46-42-. The van der Waals surface area contributed by atoms with Gasteiger partial charge in [0.25, 0.3) is 0 Å². The number of carbonyl (C=O) groups excluding carboxylic acids is 4. The summed E-state index contributed by atoms with van der Waals surface area (Å²) in [7, 11) is -9.97. The minimum Gasteiger partial charge on any atom is -0.462 e. The van der Waals surface area contributed by atoms with Gasteiger partial charge in [-0.05, 0) is 135 Å². The molecule has 19 heteroatoms. The quantitative estimate of drug-likeness (QED) is 0.0169. The van der Waals surface area contributed by atoms with Crippen LogP contribution in [0.25, 0.3) is 0 Å². The van der Waals surface area contributed by atoms with Crippen LogP contribution in [-0.2, 0) is 65.4 Å². The van der Waals surface area contributed by atoms with E-state index in [0.29, 0.717) is 25.7 Å². The molecule has 0 aliphatic carbocycles. The molecule has 0 radical (unpaired) electrons. The summed E-state index contributed by atoms with van der Waals surface area (Å²) >= 11 is 0. The van der Waals surface area contributed by atoms with Crippen LogP contribution in [0.2, 0.25) is 0 Å². The molecule has 3 N–H and O–H groups in total. The molecule has 0 aromatic heterocycles. The Balaban J connectivity index is 5.41. The van der Waals surface area contributed by atoms with Crippen LogP contribution in [0.1, 0.15) is 323 Å². The van der Waals surface area contributed by atoms with Crippen LogP contribution < -0.4 is 0 Å². The second-order valence-corrected chi connectivity index (χ2v) is 29.2. The predicted octanol–water partition coefficient (Wildman–Crippen LogP) is 23.1. The molecule has 0 saturated heterocycles. The zero-order valence-corrected chi connectivity index (χ0v) is 65.8. The largest absolute Gasteiger partial charge is 0.472 e. The maximum absolute atomic E-state index is 13.1. The van der Waals surface area contributed by atoms with Crippen molar-refractivity contribution in [2.24, 2.45) is 0 Å². The van der Waals surface area contributed by atoms with Gasteiger partial charge in [-0.3, -0.25) is 37.3 Å². The van der Waals surface area contributed by atoms with E-state index in [0.717, 1.165) is 173 Å². The van der Waals surface area contributed by atoms with Gasteiger partial charge in [0.2, 0.25) is 0 Å². The lowest BCUT2D eigenvalue weighted by molar-refractivity contribution is -0.161. The monoisotopic (exact) mass is 1470 g/mol. The first-order chi connectivity index (χ1) is 49.7. The lowest BCUT2D eigenvalue weighted by Gasteiger charge is -2.21. The zero-order valence-electron chi connectivity index (χ0n) is 64.0. The average Bonchev–Trinajstić information content (AvgIpc) is 0.959. The molecule has 586 valence electrons. The van der Waals surface area contributed by atoms with Crippen molar-refractivity contribution in [3.8, 4) is 0 Å². The molecule has 17 nitrogen and oxygen atoms in total. The second-order valence-electron chi connectivity index (χ2n) is 26.2. The van der Waals surface area contributed by atoms with Gasteiger partial charge in [-0.2, -0.15) is 0 Å². The van der Waals surface area contributed by atoms with Gasteiger partial charge in [0, 0.05) is 25.7 Å². The van der Waals surface area contributed by atoms with Gasteiger partial charge in [0.05, 0.1) is 26.4 Å². The molecule has 102 heavy (non-hydrogen) atoms. The van der Waals surface area contributed by atoms with Crippen molar-refractivity contribution in [1.29, 1.82) is 0 Å². The van der Waals surface area contributed by atoms with Crippen molar-refractivity contribution in [3.63, 3.8) is 0 Å². The molecule has 5 atom stereocenters. The smallest absolute Gasteiger partial charge is 0.462 e. The van der Waals surface area contributed by atoms with Gasteiger partial charge in [-0.25, -0.2) is 9.13 Å². The van der Waals surface area contributed by atoms with Gasteiger partial charge in [-0.1, -0.05) is 284 Å². The average molecular weight is 1470 g/mol. The zero-order chi connectivity index (χ0) is 74.6. The van der Waals surface area contributed by atoms with E-state index in [-0.39, 0.29) is 25.7 Å². The highest BCUT2D eigenvalue weighted by Crippen LogP contribution is 2.45. The Hall–Kier alpha value is -4.54. The number of phosphoric ester groups is 2. The highest BCUT2D eigenvalue weighted by molar-refractivity contribution is 7.47. The lowest BCUT2D eigenvalue weighted by Crippen LogP contribution is -2.30. The molecule has 0 heterocycles. The molecule has 0 aliphatic rings. The Morgan fingerprint density at radius 2 is 0.510 bits per heavy atom. The van der Waals surface area contributed by atoms with Crippen LogP contribution >= 0.6 is 15.6 Å². The Labute approximate surface area is 619 Å². The first-order valence-electron chi connectivity index (χ1n) is 39.8. The molecular formula is C83H142O17P2. The fourth-order valence-corrected chi connectivity index (χ4v) is 12.0. The molecule has 0 rings (SSSR count). The fraction of sp³-hybridized carbons (Fsp3) is 0.711. The van der Waals surface area contributed by atoms with E-state index in [1.165, 1.54) is 70.6 Å². The van der Waals surface area contributed by atoms with Crippen LogP contribution in [0, 0.1) is 0 Å². The third-order valence-corrected chi connectivity index (χ3v) is 18.3. The molecule has 0 aromatic carbocycles. The molecule has 5 unspecified atom stereocenters. The van der Waals surface area contributed by atoms with Crippen molar-refractivity contribution >= 4 is 39.5 Å². The molecule has 0 fully saturated rings. The third-order valence-electron chi connectivity index (χ3n) is 16.4. The highest BCUT2D eigenvalue weighted by atomic mass is 31.2. The molecule has 0 aromatic rings. The SMILES string of the molecule is CC/C=C\C/C=C\C/C=C\C/C=C\CCCCCCC(=O)OCC(COP(=O)(O)OCC(O)COP(=O)(O)OCC(COC(=O)CCCCCCC/C=C\C/C=C\CCCCC)OC(=O)CCCCCCCCCCCCCCC)OC(=O)CCCCCC/C=C\C/C=C\C/C=C\C/C=C\CC. The summed E-state index contributed by atoms with van der Waals surface area (Å²) in [5.74, 6) is -2.23. The minimum atomic E-state index is -4.99. The van der Waals surface area contributed by atoms with Crippen molar-refractivity contribution in [2.75, 3.05) is 39.6 Å². The normalized spacial score (nSPS) is 14.5. The minimum absolute atomic E-state index is 0.0588. The molecular weight excluding hydrogens is 1330 g/mol. The highest BCUT2D eigenvalue weighted by Gasteiger charge is 2.30. The van der Waals surface area contributed by atoms with E-state index in [2.05, 4.69) is 149 Å². The van der Waals surface area contributed by atoms with Crippen molar-refractivity contribution in [3.05, 3.63) is 122 Å². The van der Waals surface area contributed by atoms with Crippen molar-refractivity contribution < 1.29 is 80.2 Å².